The summed E-state index contributed by atoms with van der Waals surface area (Å²) in [6, 6.07) is 5.51. The van der Waals surface area contributed by atoms with E-state index in [1.165, 1.54) is 16.8 Å². The van der Waals surface area contributed by atoms with E-state index < -0.39 is 10.0 Å². The number of hydrogen-bond donors (Lipinski definition) is 0. The summed E-state index contributed by atoms with van der Waals surface area (Å²) in [6.45, 7) is 1.39. The zero-order valence-corrected chi connectivity index (χ0v) is 11.8. The Morgan fingerprint density at radius 3 is 2.79 bits per heavy atom. The zero-order valence-electron chi connectivity index (χ0n) is 10.9. The van der Waals surface area contributed by atoms with Gasteiger partial charge in [0.25, 0.3) is 0 Å². The fourth-order valence-electron chi connectivity index (χ4n) is 2.16. The molecule has 1 aromatic heterocycles. The van der Waals surface area contributed by atoms with E-state index >= 15 is 0 Å². The lowest BCUT2D eigenvalue weighted by Crippen LogP contribution is -2.38. The lowest BCUT2D eigenvalue weighted by Gasteiger charge is -2.22. The molecule has 1 saturated heterocycles. The number of anilines is 1. The molecule has 19 heavy (non-hydrogen) atoms. The van der Waals surface area contributed by atoms with E-state index in [4.69, 9.17) is 5.26 Å². The van der Waals surface area contributed by atoms with E-state index in [-0.39, 0.29) is 6.04 Å². The van der Waals surface area contributed by atoms with Gasteiger partial charge in [-0.05, 0) is 18.6 Å². The van der Waals surface area contributed by atoms with Crippen LogP contribution in [0.15, 0.2) is 18.3 Å². The van der Waals surface area contributed by atoms with Crippen molar-refractivity contribution in [3.8, 4) is 6.07 Å². The normalized spacial score (nSPS) is 19.7. The summed E-state index contributed by atoms with van der Waals surface area (Å²) in [5.41, 5.74) is 0.521. The second-order valence-corrected chi connectivity index (χ2v) is 6.73. The quantitative estimate of drug-likeness (QED) is 0.802. The van der Waals surface area contributed by atoms with Gasteiger partial charge in [-0.3, -0.25) is 0 Å². The summed E-state index contributed by atoms with van der Waals surface area (Å²) in [5.74, 6) is 0.781. The van der Waals surface area contributed by atoms with Crippen LogP contribution in [0.25, 0.3) is 0 Å². The number of nitriles is 1. The van der Waals surface area contributed by atoms with E-state index in [2.05, 4.69) is 4.98 Å². The molecule has 0 bridgehead atoms. The fourth-order valence-corrected chi connectivity index (χ4v) is 2.87. The van der Waals surface area contributed by atoms with Crippen LogP contribution in [-0.4, -0.2) is 50.1 Å². The van der Waals surface area contributed by atoms with E-state index in [0.717, 1.165) is 18.8 Å². The molecular formula is C12H16N4O2S. The Balaban J connectivity index is 2.08. The first-order valence-electron chi connectivity index (χ1n) is 5.96. The van der Waals surface area contributed by atoms with Crippen LogP contribution < -0.4 is 4.90 Å². The molecule has 0 saturated carbocycles. The van der Waals surface area contributed by atoms with Gasteiger partial charge in [0.05, 0.1) is 11.8 Å². The molecule has 7 heteroatoms. The summed E-state index contributed by atoms with van der Waals surface area (Å²) >= 11 is 0. The highest BCUT2D eigenvalue weighted by molar-refractivity contribution is 7.88. The Morgan fingerprint density at radius 1 is 1.53 bits per heavy atom. The smallest absolute Gasteiger partial charge is 0.211 e. The maximum Gasteiger partial charge on any atom is 0.211 e. The number of likely N-dealkylation sites (N-methyl/N-ethyl adjacent to an activating group) is 1. The van der Waals surface area contributed by atoms with Gasteiger partial charge < -0.3 is 4.90 Å². The molecule has 2 heterocycles. The molecule has 1 fully saturated rings. The van der Waals surface area contributed by atoms with Gasteiger partial charge in [-0.15, -0.1) is 0 Å². The van der Waals surface area contributed by atoms with E-state index in [0.29, 0.717) is 12.1 Å². The van der Waals surface area contributed by atoms with Crippen LogP contribution in [0.5, 0.6) is 0 Å². The molecule has 1 unspecified atom stereocenters. The first-order valence-corrected chi connectivity index (χ1v) is 7.81. The van der Waals surface area contributed by atoms with E-state index in [1.54, 1.807) is 19.2 Å². The summed E-state index contributed by atoms with van der Waals surface area (Å²) in [4.78, 5) is 6.26. The van der Waals surface area contributed by atoms with Gasteiger partial charge in [0.1, 0.15) is 11.9 Å². The average Bonchev–Trinajstić information content (AvgIpc) is 2.86. The molecule has 1 aliphatic rings. The van der Waals surface area contributed by atoms with Gasteiger partial charge in [-0.2, -0.15) is 5.26 Å². The third-order valence-electron chi connectivity index (χ3n) is 3.40. The van der Waals surface area contributed by atoms with Crippen molar-refractivity contribution in [1.82, 2.24) is 9.29 Å². The van der Waals surface area contributed by atoms with E-state index in [9.17, 15) is 8.42 Å². The second-order valence-electron chi connectivity index (χ2n) is 4.68. The maximum absolute atomic E-state index is 11.5. The highest BCUT2D eigenvalue weighted by atomic mass is 32.2. The van der Waals surface area contributed by atoms with Gasteiger partial charge in [0.15, 0.2) is 0 Å². The van der Waals surface area contributed by atoms with Crippen molar-refractivity contribution in [1.29, 1.82) is 5.26 Å². The third kappa shape index (κ3) is 3.03. The largest absolute Gasteiger partial charge is 0.355 e. The predicted octanol–water partition coefficient (Wildman–Crippen LogP) is 0.423. The van der Waals surface area contributed by atoms with Gasteiger partial charge in [0, 0.05) is 32.4 Å². The van der Waals surface area contributed by atoms with Crippen molar-refractivity contribution >= 4 is 15.8 Å². The maximum atomic E-state index is 11.5. The SMILES string of the molecule is CN(C1CCN(c2ccc(C#N)cn2)C1)S(C)(=O)=O. The van der Waals surface area contributed by atoms with Crippen LogP contribution in [0.1, 0.15) is 12.0 Å². The lowest BCUT2D eigenvalue weighted by atomic mass is 10.3. The zero-order chi connectivity index (χ0) is 14.0. The number of hydrogen-bond acceptors (Lipinski definition) is 5. The Labute approximate surface area is 113 Å². The van der Waals surface area contributed by atoms with Crippen LogP contribution in [-0.2, 0) is 10.0 Å². The van der Waals surface area contributed by atoms with Crippen molar-refractivity contribution in [2.24, 2.45) is 0 Å². The monoisotopic (exact) mass is 280 g/mol. The standard InChI is InChI=1S/C12H16N4O2S/c1-15(19(2,17)18)11-5-6-16(9-11)12-4-3-10(7-13)8-14-12/h3-4,8,11H,5-6,9H2,1-2H3. The molecule has 0 amide bonds. The minimum Gasteiger partial charge on any atom is -0.355 e. The molecule has 0 aromatic carbocycles. The Kier molecular flexibility index (Phi) is 3.73. The van der Waals surface area contributed by atoms with Crippen molar-refractivity contribution in [2.75, 3.05) is 31.3 Å². The highest BCUT2D eigenvalue weighted by Gasteiger charge is 2.30. The van der Waals surface area contributed by atoms with Crippen LogP contribution in [0.4, 0.5) is 5.82 Å². The number of rotatable bonds is 3. The summed E-state index contributed by atoms with van der Waals surface area (Å²) in [5, 5.41) is 8.72. The molecular weight excluding hydrogens is 264 g/mol. The number of pyridine rings is 1. The van der Waals surface area contributed by atoms with Crippen LogP contribution in [0, 0.1) is 11.3 Å². The summed E-state index contributed by atoms with van der Waals surface area (Å²) < 4.78 is 24.4. The Bertz CT molecular complexity index is 591. The van der Waals surface area contributed by atoms with Gasteiger partial charge in [-0.25, -0.2) is 17.7 Å². The first kappa shape index (κ1) is 13.8. The van der Waals surface area contributed by atoms with Crippen molar-refractivity contribution in [3.05, 3.63) is 23.9 Å². The van der Waals surface area contributed by atoms with Crippen molar-refractivity contribution < 1.29 is 8.42 Å². The molecule has 1 aliphatic heterocycles. The third-order valence-corrected chi connectivity index (χ3v) is 4.75. The molecule has 102 valence electrons. The molecule has 0 spiro atoms. The topological polar surface area (TPSA) is 77.3 Å². The summed E-state index contributed by atoms with van der Waals surface area (Å²) in [7, 11) is -1.55. The van der Waals surface area contributed by atoms with Gasteiger partial charge in [-0.1, -0.05) is 0 Å². The minimum absolute atomic E-state index is 0.0209. The fraction of sp³-hybridized carbons (Fsp3) is 0.500. The van der Waals surface area contributed by atoms with Crippen LogP contribution in [0.2, 0.25) is 0 Å². The van der Waals surface area contributed by atoms with Crippen LogP contribution in [0.3, 0.4) is 0 Å². The molecule has 0 aliphatic carbocycles. The Hall–Kier alpha value is -1.65. The first-order chi connectivity index (χ1) is 8.91. The van der Waals surface area contributed by atoms with Crippen molar-refractivity contribution in [3.63, 3.8) is 0 Å². The number of sulfonamides is 1. The minimum atomic E-state index is -3.16. The lowest BCUT2D eigenvalue weighted by molar-refractivity contribution is 0.393. The molecule has 2 rings (SSSR count). The van der Waals surface area contributed by atoms with Crippen molar-refractivity contribution in [2.45, 2.75) is 12.5 Å². The highest BCUT2D eigenvalue weighted by Crippen LogP contribution is 2.21. The number of nitrogens with zero attached hydrogens (tertiary/aromatic N) is 4. The van der Waals surface area contributed by atoms with Crippen LogP contribution >= 0.6 is 0 Å². The molecule has 1 aromatic rings. The number of aromatic nitrogens is 1. The summed E-state index contributed by atoms with van der Waals surface area (Å²) in [6.07, 6.45) is 3.53. The molecule has 1 atom stereocenters. The molecule has 0 radical (unpaired) electrons. The van der Waals surface area contributed by atoms with E-state index in [1.807, 2.05) is 11.0 Å². The Morgan fingerprint density at radius 2 is 2.26 bits per heavy atom. The molecule has 0 N–H and O–H groups in total. The second kappa shape index (κ2) is 5.15. The van der Waals surface area contributed by atoms with Gasteiger partial charge >= 0.3 is 0 Å². The van der Waals surface area contributed by atoms with Gasteiger partial charge in [0.2, 0.25) is 10.0 Å². The predicted molar refractivity (Wildman–Crippen MR) is 72.2 cm³/mol. The average molecular weight is 280 g/mol. The molecule has 6 nitrogen and oxygen atoms in total.